The standard InChI is InChI=1S/C12H8Cl3N3O2/c13-7-2-1-6(3-8(7)14)18-10(19)5-12(11(18)20)4-9(15)16-17-12/h1-3,9H,4-5H2/t9-,12+/m1/s1. The lowest BCUT2D eigenvalue weighted by molar-refractivity contribution is -0.122. The highest BCUT2D eigenvalue weighted by Crippen LogP contribution is 2.41. The number of alkyl halides is 1. The molecule has 0 aromatic heterocycles. The molecule has 2 aliphatic rings. The molecule has 1 spiro atoms. The first kappa shape index (κ1) is 13.8. The predicted molar refractivity (Wildman–Crippen MR) is 75.4 cm³/mol. The van der Waals surface area contributed by atoms with Gasteiger partial charge in [-0.25, -0.2) is 4.90 Å². The highest BCUT2D eigenvalue weighted by Gasteiger charge is 2.56. The first-order valence-corrected chi connectivity index (χ1v) is 7.01. The van der Waals surface area contributed by atoms with E-state index in [1.165, 1.54) is 12.1 Å². The Morgan fingerprint density at radius 2 is 2.00 bits per heavy atom. The van der Waals surface area contributed by atoms with Crippen LogP contribution in [0.5, 0.6) is 0 Å². The van der Waals surface area contributed by atoms with E-state index in [4.69, 9.17) is 34.8 Å². The summed E-state index contributed by atoms with van der Waals surface area (Å²) >= 11 is 17.6. The minimum atomic E-state index is -1.16. The third kappa shape index (κ3) is 2.01. The van der Waals surface area contributed by atoms with E-state index >= 15 is 0 Å². The summed E-state index contributed by atoms with van der Waals surface area (Å²) in [5.41, 5.74) is -1.35. The van der Waals surface area contributed by atoms with Crippen LogP contribution in [0.4, 0.5) is 5.69 Å². The number of anilines is 1. The first-order valence-electron chi connectivity index (χ1n) is 5.81. The summed E-state index contributed by atoms with van der Waals surface area (Å²) in [7, 11) is 0. The second-order valence-electron chi connectivity index (χ2n) is 4.70. The van der Waals surface area contributed by atoms with Gasteiger partial charge in [0.2, 0.25) is 5.91 Å². The lowest BCUT2D eigenvalue weighted by atomic mass is 9.95. The number of carbonyl (C=O) groups is 2. The van der Waals surface area contributed by atoms with Gasteiger partial charge in [0.25, 0.3) is 5.91 Å². The number of amides is 2. The van der Waals surface area contributed by atoms with Gasteiger partial charge in [-0.05, 0) is 18.2 Å². The number of halogens is 3. The predicted octanol–water partition coefficient (Wildman–Crippen LogP) is 3.42. The van der Waals surface area contributed by atoms with Gasteiger partial charge in [0.1, 0.15) is 5.50 Å². The number of benzene rings is 1. The van der Waals surface area contributed by atoms with Crippen molar-refractivity contribution in [3.63, 3.8) is 0 Å². The molecule has 1 aromatic rings. The Morgan fingerprint density at radius 3 is 2.60 bits per heavy atom. The smallest absolute Gasteiger partial charge is 0.264 e. The molecule has 2 aliphatic heterocycles. The van der Waals surface area contributed by atoms with Crippen LogP contribution in [-0.4, -0.2) is 22.9 Å². The average Bonchev–Trinajstić information content (AvgIpc) is 2.86. The van der Waals surface area contributed by atoms with Crippen molar-refractivity contribution in [2.45, 2.75) is 23.9 Å². The number of carbonyl (C=O) groups excluding carboxylic acids is 2. The zero-order chi connectivity index (χ0) is 14.5. The number of azo groups is 1. The van der Waals surface area contributed by atoms with E-state index in [1.807, 2.05) is 0 Å². The molecule has 5 nitrogen and oxygen atoms in total. The fourth-order valence-corrected chi connectivity index (χ4v) is 2.97. The molecule has 0 bridgehead atoms. The van der Waals surface area contributed by atoms with Crippen molar-refractivity contribution < 1.29 is 9.59 Å². The van der Waals surface area contributed by atoms with Crippen molar-refractivity contribution in [1.82, 2.24) is 0 Å². The fraction of sp³-hybridized carbons (Fsp3) is 0.333. The van der Waals surface area contributed by atoms with E-state index in [1.54, 1.807) is 6.07 Å². The molecule has 20 heavy (non-hydrogen) atoms. The Labute approximate surface area is 129 Å². The van der Waals surface area contributed by atoms with Crippen LogP contribution >= 0.6 is 34.8 Å². The van der Waals surface area contributed by atoms with Crippen molar-refractivity contribution in [2.24, 2.45) is 10.2 Å². The average molecular weight is 333 g/mol. The highest BCUT2D eigenvalue weighted by atomic mass is 35.5. The monoisotopic (exact) mass is 331 g/mol. The van der Waals surface area contributed by atoms with E-state index in [0.29, 0.717) is 10.7 Å². The summed E-state index contributed by atoms with van der Waals surface area (Å²) < 4.78 is 0. The normalized spacial score (nSPS) is 28.9. The van der Waals surface area contributed by atoms with Gasteiger partial charge >= 0.3 is 0 Å². The molecule has 0 saturated carbocycles. The molecule has 0 unspecified atom stereocenters. The molecule has 0 N–H and O–H groups in total. The van der Waals surface area contributed by atoms with Gasteiger partial charge in [-0.3, -0.25) is 9.59 Å². The summed E-state index contributed by atoms with van der Waals surface area (Å²) in [5.74, 6) is -0.772. The van der Waals surface area contributed by atoms with E-state index in [0.717, 1.165) is 4.90 Å². The van der Waals surface area contributed by atoms with Crippen LogP contribution in [0.15, 0.2) is 28.4 Å². The van der Waals surface area contributed by atoms with Gasteiger partial charge in [0.15, 0.2) is 5.54 Å². The van der Waals surface area contributed by atoms with Gasteiger partial charge < -0.3 is 0 Å². The van der Waals surface area contributed by atoms with Crippen LogP contribution in [0.3, 0.4) is 0 Å². The lowest BCUT2D eigenvalue weighted by Gasteiger charge is -2.18. The van der Waals surface area contributed by atoms with E-state index < -0.39 is 16.9 Å². The summed E-state index contributed by atoms with van der Waals surface area (Å²) in [4.78, 5) is 25.7. The largest absolute Gasteiger partial charge is 0.274 e. The van der Waals surface area contributed by atoms with Gasteiger partial charge in [-0.15, -0.1) is 0 Å². The quantitative estimate of drug-likeness (QED) is 0.449. The van der Waals surface area contributed by atoms with E-state index in [-0.39, 0.29) is 23.8 Å². The van der Waals surface area contributed by atoms with Crippen molar-refractivity contribution in [3.8, 4) is 0 Å². The Balaban J connectivity index is 1.99. The molecule has 1 fully saturated rings. The second-order valence-corrected chi connectivity index (χ2v) is 6.01. The molecule has 2 heterocycles. The lowest BCUT2D eigenvalue weighted by Crippen LogP contribution is -2.38. The van der Waals surface area contributed by atoms with E-state index in [2.05, 4.69) is 10.2 Å². The fourth-order valence-electron chi connectivity index (χ4n) is 2.38. The topological polar surface area (TPSA) is 62.1 Å². The van der Waals surface area contributed by atoms with Crippen LogP contribution < -0.4 is 4.90 Å². The molecule has 1 saturated heterocycles. The van der Waals surface area contributed by atoms with Gasteiger partial charge in [0, 0.05) is 6.42 Å². The maximum Gasteiger partial charge on any atom is 0.264 e. The first-order chi connectivity index (χ1) is 9.43. The molecule has 0 radical (unpaired) electrons. The van der Waals surface area contributed by atoms with Gasteiger partial charge in [-0.1, -0.05) is 34.8 Å². The summed E-state index contributed by atoms with van der Waals surface area (Å²) in [6, 6.07) is 4.57. The van der Waals surface area contributed by atoms with Crippen LogP contribution in [0.2, 0.25) is 10.0 Å². The third-order valence-electron chi connectivity index (χ3n) is 3.34. The summed E-state index contributed by atoms with van der Waals surface area (Å²) in [6.07, 6.45) is 0.204. The molecule has 2 amide bonds. The van der Waals surface area contributed by atoms with E-state index in [9.17, 15) is 9.59 Å². The molecule has 2 atom stereocenters. The van der Waals surface area contributed by atoms with Crippen molar-refractivity contribution in [3.05, 3.63) is 28.2 Å². The minimum Gasteiger partial charge on any atom is -0.274 e. The zero-order valence-corrected chi connectivity index (χ0v) is 12.3. The Hall–Kier alpha value is -1.17. The second kappa shape index (κ2) is 4.69. The summed E-state index contributed by atoms with van der Waals surface area (Å²) in [5, 5.41) is 8.30. The van der Waals surface area contributed by atoms with Crippen molar-refractivity contribution in [1.29, 1.82) is 0 Å². The maximum atomic E-state index is 12.5. The number of hydrogen-bond donors (Lipinski definition) is 0. The molecule has 8 heteroatoms. The van der Waals surface area contributed by atoms with Crippen LogP contribution in [0, 0.1) is 0 Å². The Bertz CT molecular complexity index is 649. The molecular weight excluding hydrogens is 325 g/mol. The molecule has 3 rings (SSSR count). The molecule has 0 aliphatic carbocycles. The van der Waals surface area contributed by atoms with Crippen LogP contribution in [0.25, 0.3) is 0 Å². The van der Waals surface area contributed by atoms with Crippen molar-refractivity contribution in [2.75, 3.05) is 4.90 Å². The highest BCUT2D eigenvalue weighted by molar-refractivity contribution is 6.42. The minimum absolute atomic E-state index is 0.0290. The molecule has 104 valence electrons. The number of hydrogen-bond acceptors (Lipinski definition) is 4. The van der Waals surface area contributed by atoms with Crippen LogP contribution in [-0.2, 0) is 9.59 Å². The number of nitrogens with zero attached hydrogens (tertiary/aromatic N) is 3. The van der Waals surface area contributed by atoms with Crippen LogP contribution in [0.1, 0.15) is 12.8 Å². The maximum absolute atomic E-state index is 12.5. The molecular formula is C12H8Cl3N3O2. The Kier molecular flexibility index (Phi) is 3.23. The number of imide groups is 1. The van der Waals surface area contributed by atoms with Gasteiger partial charge in [-0.2, -0.15) is 10.2 Å². The zero-order valence-electron chi connectivity index (χ0n) is 10.0. The van der Waals surface area contributed by atoms with Gasteiger partial charge in [0.05, 0.1) is 22.2 Å². The number of rotatable bonds is 1. The summed E-state index contributed by atoms with van der Waals surface area (Å²) in [6.45, 7) is 0. The SMILES string of the molecule is O=C1C[C@@]2(C[C@H](Cl)N=N2)C(=O)N1c1ccc(Cl)c(Cl)c1. The Morgan fingerprint density at radius 1 is 1.25 bits per heavy atom. The third-order valence-corrected chi connectivity index (χ3v) is 4.32. The van der Waals surface area contributed by atoms with Crippen molar-refractivity contribution >= 4 is 52.3 Å². The molecule has 1 aromatic carbocycles.